The lowest BCUT2D eigenvalue weighted by Gasteiger charge is -2.15. The molecule has 1 unspecified atom stereocenters. The first-order valence-electron chi connectivity index (χ1n) is 11.1. The Balaban J connectivity index is 1.77. The first-order chi connectivity index (χ1) is 17.2. The number of aliphatic hydroxyl groups excluding tert-OH is 1. The number of hydrogen-bond acceptors (Lipinski definition) is 9. The number of nitrogens with one attached hydrogen (secondary N) is 1. The zero-order valence-electron chi connectivity index (χ0n) is 20.8. The summed E-state index contributed by atoms with van der Waals surface area (Å²) in [6.45, 7) is 5.10. The second-order valence-corrected chi connectivity index (χ2v) is 7.95. The molecule has 2 N–H and O–H groups in total. The number of rotatable bonds is 8. The van der Waals surface area contributed by atoms with Crippen molar-refractivity contribution in [1.29, 1.82) is 0 Å². The Hall–Kier alpha value is -4.38. The number of anilines is 1. The van der Waals surface area contributed by atoms with Gasteiger partial charge in [-0.1, -0.05) is 0 Å². The van der Waals surface area contributed by atoms with Crippen molar-refractivity contribution in [2.45, 2.75) is 26.9 Å². The van der Waals surface area contributed by atoms with E-state index in [-0.39, 0.29) is 0 Å². The van der Waals surface area contributed by atoms with Crippen molar-refractivity contribution in [1.82, 2.24) is 19.6 Å². The largest absolute Gasteiger partial charge is 0.493 e. The van der Waals surface area contributed by atoms with Crippen LogP contribution in [0.4, 0.5) is 5.69 Å². The van der Waals surface area contributed by atoms with Crippen molar-refractivity contribution in [2.24, 2.45) is 0 Å². The van der Waals surface area contributed by atoms with E-state index in [0.29, 0.717) is 63.0 Å². The van der Waals surface area contributed by atoms with E-state index in [4.69, 9.17) is 18.9 Å². The van der Waals surface area contributed by atoms with Crippen LogP contribution < -0.4 is 24.3 Å². The molecular weight excluding hydrogens is 466 g/mol. The SMILES string of the molecule is COc1cc(Oc2nc(-c3ccc(NC(=O)C(C)O)cc3)nn3c(C)nc(C)c23)cc(OC)c1OC. The summed E-state index contributed by atoms with van der Waals surface area (Å²) >= 11 is 0. The quantitative estimate of drug-likeness (QED) is 0.378. The van der Waals surface area contributed by atoms with Crippen molar-refractivity contribution < 1.29 is 28.8 Å². The molecule has 11 nitrogen and oxygen atoms in total. The summed E-state index contributed by atoms with van der Waals surface area (Å²) in [5.74, 6) is 2.60. The fourth-order valence-corrected chi connectivity index (χ4v) is 3.66. The van der Waals surface area contributed by atoms with Crippen LogP contribution in [0.1, 0.15) is 18.4 Å². The number of methoxy groups -OCH3 is 3. The number of imidazole rings is 1. The van der Waals surface area contributed by atoms with Crippen LogP contribution in [0.5, 0.6) is 28.9 Å². The number of carbonyl (C=O) groups is 1. The van der Waals surface area contributed by atoms with Gasteiger partial charge < -0.3 is 29.4 Å². The van der Waals surface area contributed by atoms with Gasteiger partial charge in [0.25, 0.3) is 5.91 Å². The van der Waals surface area contributed by atoms with Gasteiger partial charge in [-0.3, -0.25) is 4.79 Å². The number of aliphatic hydroxyl groups is 1. The Kier molecular flexibility index (Phi) is 6.93. The number of ether oxygens (including phenoxy) is 4. The molecule has 1 atom stereocenters. The van der Waals surface area contributed by atoms with Crippen LogP contribution in [0.25, 0.3) is 16.9 Å². The van der Waals surface area contributed by atoms with E-state index in [1.165, 1.54) is 28.3 Å². The molecule has 0 spiro atoms. The zero-order valence-corrected chi connectivity index (χ0v) is 20.8. The van der Waals surface area contributed by atoms with Gasteiger partial charge >= 0.3 is 0 Å². The minimum Gasteiger partial charge on any atom is -0.493 e. The van der Waals surface area contributed by atoms with Gasteiger partial charge in [0.05, 0.1) is 27.0 Å². The Labute approximate surface area is 207 Å². The van der Waals surface area contributed by atoms with Crippen LogP contribution in [0.15, 0.2) is 36.4 Å². The number of hydrogen-bond donors (Lipinski definition) is 2. The molecule has 11 heteroatoms. The van der Waals surface area contributed by atoms with Crippen LogP contribution in [-0.4, -0.2) is 58.0 Å². The topological polar surface area (TPSA) is 129 Å². The smallest absolute Gasteiger partial charge is 0.252 e. The van der Waals surface area contributed by atoms with Crippen LogP contribution >= 0.6 is 0 Å². The molecule has 0 radical (unpaired) electrons. The molecule has 0 saturated carbocycles. The lowest BCUT2D eigenvalue weighted by molar-refractivity contribution is -0.123. The summed E-state index contributed by atoms with van der Waals surface area (Å²) in [4.78, 5) is 21.0. The van der Waals surface area contributed by atoms with E-state index in [0.717, 1.165) is 0 Å². The molecule has 1 amide bonds. The molecule has 0 saturated heterocycles. The lowest BCUT2D eigenvalue weighted by atomic mass is 10.2. The van der Waals surface area contributed by atoms with Crippen LogP contribution in [0.3, 0.4) is 0 Å². The Morgan fingerprint density at radius 1 is 1.00 bits per heavy atom. The van der Waals surface area contributed by atoms with Gasteiger partial charge in [0, 0.05) is 23.4 Å². The molecule has 0 bridgehead atoms. The van der Waals surface area contributed by atoms with E-state index in [1.807, 2.05) is 13.8 Å². The monoisotopic (exact) mass is 493 g/mol. The van der Waals surface area contributed by atoms with E-state index in [2.05, 4.69) is 20.4 Å². The molecule has 188 valence electrons. The summed E-state index contributed by atoms with van der Waals surface area (Å²) in [7, 11) is 4.58. The van der Waals surface area contributed by atoms with E-state index in [9.17, 15) is 9.90 Å². The highest BCUT2D eigenvalue weighted by atomic mass is 16.5. The lowest BCUT2D eigenvalue weighted by Crippen LogP contribution is -2.24. The van der Waals surface area contributed by atoms with E-state index < -0.39 is 12.0 Å². The second kappa shape index (κ2) is 10.1. The van der Waals surface area contributed by atoms with Crippen molar-refractivity contribution >= 4 is 17.1 Å². The Bertz CT molecular complexity index is 1390. The van der Waals surface area contributed by atoms with Crippen LogP contribution in [-0.2, 0) is 4.79 Å². The van der Waals surface area contributed by atoms with Crippen molar-refractivity contribution in [3.05, 3.63) is 47.9 Å². The summed E-state index contributed by atoms with van der Waals surface area (Å²) in [6.07, 6.45) is -1.11. The third kappa shape index (κ3) is 4.73. The van der Waals surface area contributed by atoms with Crippen molar-refractivity contribution in [3.63, 3.8) is 0 Å². The summed E-state index contributed by atoms with van der Waals surface area (Å²) < 4.78 is 24.2. The molecule has 2 aromatic heterocycles. The van der Waals surface area contributed by atoms with Gasteiger partial charge in [-0.2, -0.15) is 4.98 Å². The molecule has 0 aliphatic rings. The molecule has 0 fully saturated rings. The Morgan fingerprint density at radius 3 is 2.19 bits per heavy atom. The summed E-state index contributed by atoms with van der Waals surface area (Å²) in [5.41, 5.74) is 2.55. The van der Waals surface area contributed by atoms with Gasteiger partial charge in [0.2, 0.25) is 11.6 Å². The van der Waals surface area contributed by atoms with Gasteiger partial charge in [-0.05, 0) is 45.0 Å². The number of aromatic nitrogens is 4. The third-order valence-corrected chi connectivity index (χ3v) is 5.44. The van der Waals surface area contributed by atoms with E-state index >= 15 is 0 Å². The maximum Gasteiger partial charge on any atom is 0.252 e. The average molecular weight is 494 g/mol. The predicted molar refractivity (Wildman–Crippen MR) is 132 cm³/mol. The number of fused-ring (bicyclic) bond motifs is 1. The zero-order chi connectivity index (χ0) is 26.0. The summed E-state index contributed by atoms with van der Waals surface area (Å²) in [5, 5.41) is 16.7. The highest BCUT2D eigenvalue weighted by Crippen LogP contribution is 2.42. The van der Waals surface area contributed by atoms with Gasteiger partial charge in [-0.25, -0.2) is 9.50 Å². The molecule has 4 aromatic rings. The fourth-order valence-electron chi connectivity index (χ4n) is 3.66. The molecule has 0 aliphatic heterocycles. The van der Waals surface area contributed by atoms with Crippen molar-refractivity contribution in [2.75, 3.05) is 26.6 Å². The van der Waals surface area contributed by atoms with Gasteiger partial charge in [0.1, 0.15) is 17.7 Å². The molecule has 2 heterocycles. The molecular formula is C25H27N5O6. The highest BCUT2D eigenvalue weighted by Gasteiger charge is 2.20. The molecule has 36 heavy (non-hydrogen) atoms. The Morgan fingerprint density at radius 2 is 1.64 bits per heavy atom. The third-order valence-electron chi connectivity index (χ3n) is 5.44. The number of nitrogens with zero attached hydrogens (tertiary/aromatic N) is 4. The second-order valence-electron chi connectivity index (χ2n) is 7.95. The maximum absolute atomic E-state index is 11.8. The maximum atomic E-state index is 11.8. The van der Waals surface area contributed by atoms with Crippen LogP contribution in [0, 0.1) is 13.8 Å². The highest BCUT2D eigenvalue weighted by molar-refractivity contribution is 5.93. The van der Waals surface area contributed by atoms with Gasteiger partial charge in [-0.15, -0.1) is 5.10 Å². The van der Waals surface area contributed by atoms with Gasteiger partial charge in [0.15, 0.2) is 22.8 Å². The number of carbonyl (C=O) groups excluding carboxylic acids is 1. The number of aryl methyl sites for hydroxylation is 2. The van der Waals surface area contributed by atoms with Crippen molar-refractivity contribution in [3.8, 4) is 40.3 Å². The van der Waals surface area contributed by atoms with E-state index in [1.54, 1.807) is 40.9 Å². The minimum atomic E-state index is -1.11. The molecule has 4 rings (SSSR count). The standard InChI is InChI=1S/C25H27N5O6/c1-13-21-25(36-18-11-19(33-4)22(35-6)20(12-18)34-5)28-23(29-30(21)15(3)26-13)16-7-9-17(10-8-16)27-24(32)14(2)31/h7-12,14,31H,1-6H3,(H,27,32). The first kappa shape index (κ1) is 24.7. The van der Waals surface area contributed by atoms with Crippen LogP contribution in [0.2, 0.25) is 0 Å². The minimum absolute atomic E-state index is 0.291. The number of amides is 1. The molecule has 0 aliphatic carbocycles. The predicted octanol–water partition coefficient (Wildman–Crippen LogP) is 3.55. The number of benzene rings is 2. The average Bonchev–Trinajstić information content (AvgIpc) is 3.16. The first-order valence-corrected chi connectivity index (χ1v) is 11.1. The fraction of sp³-hybridized carbons (Fsp3) is 0.280. The molecule has 2 aromatic carbocycles. The summed E-state index contributed by atoms with van der Waals surface area (Å²) in [6, 6.07) is 10.3. The normalized spacial score (nSPS) is 11.8.